The van der Waals surface area contributed by atoms with Crippen molar-refractivity contribution in [2.45, 2.75) is 30.9 Å². The highest BCUT2D eigenvalue weighted by molar-refractivity contribution is 7.90. The van der Waals surface area contributed by atoms with Crippen LogP contribution in [0.1, 0.15) is 18.4 Å². The number of nitrogens with zero attached hydrogens (tertiary/aromatic N) is 2. The van der Waals surface area contributed by atoms with E-state index < -0.39 is 15.5 Å². The second-order valence-corrected chi connectivity index (χ2v) is 8.30. The van der Waals surface area contributed by atoms with Crippen molar-refractivity contribution in [3.05, 3.63) is 23.8 Å². The van der Waals surface area contributed by atoms with Crippen LogP contribution in [0.4, 0.5) is 13.2 Å². The largest absolute Gasteiger partial charge is 0.511 e. The van der Waals surface area contributed by atoms with Crippen LogP contribution in [-0.4, -0.2) is 64.6 Å². The Balaban J connectivity index is 1.91. The third kappa shape index (κ3) is 5.66. The first-order chi connectivity index (χ1) is 13.6. The van der Waals surface area contributed by atoms with E-state index in [1.807, 2.05) is 6.07 Å². The van der Waals surface area contributed by atoms with E-state index in [1.54, 1.807) is 33.4 Å². The maximum atomic E-state index is 12.7. The summed E-state index contributed by atoms with van der Waals surface area (Å²) in [6.07, 6.45) is 0.476. The maximum Gasteiger partial charge on any atom is 0.511 e. The van der Waals surface area contributed by atoms with Gasteiger partial charge in [0.25, 0.3) is 0 Å². The second-order valence-electron chi connectivity index (χ2n) is 6.37. The summed E-state index contributed by atoms with van der Waals surface area (Å²) in [6, 6.07) is 5.20. The summed E-state index contributed by atoms with van der Waals surface area (Å²) >= 11 is 0. The van der Waals surface area contributed by atoms with Gasteiger partial charge in [-0.25, -0.2) is 8.42 Å². The lowest BCUT2D eigenvalue weighted by Crippen LogP contribution is -2.51. The molecule has 1 aromatic rings. The van der Waals surface area contributed by atoms with Crippen LogP contribution in [0.2, 0.25) is 0 Å². The van der Waals surface area contributed by atoms with Crippen LogP contribution >= 0.6 is 0 Å². The van der Waals surface area contributed by atoms with Crippen molar-refractivity contribution >= 4 is 16.0 Å². The number of methoxy groups -OCH3 is 2. The molecule has 0 saturated carbocycles. The number of aliphatic imine (C=N–C) groups is 1. The van der Waals surface area contributed by atoms with Crippen molar-refractivity contribution in [2.75, 3.05) is 34.4 Å². The molecule has 0 aromatic heterocycles. The highest BCUT2D eigenvalue weighted by atomic mass is 32.2. The number of ether oxygens (including phenoxy) is 2. The lowest BCUT2D eigenvalue weighted by Gasteiger charge is -2.32. The van der Waals surface area contributed by atoms with Gasteiger partial charge in [0.05, 0.1) is 14.2 Å². The van der Waals surface area contributed by atoms with Crippen molar-refractivity contribution in [1.82, 2.24) is 14.9 Å². The van der Waals surface area contributed by atoms with Gasteiger partial charge in [0.1, 0.15) is 11.5 Å². The lowest BCUT2D eigenvalue weighted by atomic mass is 10.1. The molecule has 1 aliphatic heterocycles. The van der Waals surface area contributed by atoms with Gasteiger partial charge in [-0.1, -0.05) is 0 Å². The van der Waals surface area contributed by atoms with Crippen molar-refractivity contribution in [3.8, 4) is 11.5 Å². The van der Waals surface area contributed by atoms with Crippen LogP contribution in [0.5, 0.6) is 11.5 Å². The minimum Gasteiger partial charge on any atom is -0.497 e. The first kappa shape index (κ1) is 23.1. The summed E-state index contributed by atoms with van der Waals surface area (Å²) in [4.78, 5) is 4.11. The first-order valence-corrected chi connectivity index (χ1v) is 10.3. The van der Waals surface area contributed by atoms with Gasteiger partial charge in [-0.3, -0.25) is 4.99 Å². The molecule has 164 valence electrons. The van der Waals surface area contributed by atoms with E-state index in [0.717, 1.165) is 5.56 Å². The van der Waals surface area contributed by atoms with Gasteiger partial charge in [0.15, 0.2) is 5.96 Å². The Morgan fingerprint density at radius 2 is 1.90 bits per heavy atom. The summed E-state index contributed by atoms with van der Waals surface area (Å²) in [7, 11) is -0.599. The topological polar surface area (TPSA) is 92.3 Å². The summed E-state index contributed by atoms with van der Waals surface area (Å²) in [5.74, 6) is 1.76. The Hall–Kier alpha value is -2.21. The number of guanidine groups is 1. The van der Waals surface area contributed by atoms with Crippen molar-refractivity contribution < 1.29 is 31.1 Å². The highest BCUT2D eigenvalue weighted by Gasteiger charge is 2.50. The number of rotatable bonds is 6. The van der Waals surface area contributed by atoms with Crippen molar-refractivity contribution in [1.29, 1.82) is 0 Å². The molecule has 2 rings (SSSR count). The third-order valence-electron chi connectivity index (χ3n) is 4.59. The van der Waals surface area contributed by atoms with Crippen LogP contribution in [-0.2, 0) is 16.6 Å². The lowest BCUT2D eigenvalue weighted by molar-refractivity contribution is -0.0494. The molecule has 1 saturated heterocycles. The number of hydrogen-bond donors (Lipinski definition) is 2. The molecule has 1 aliphatic rings. The summed E-state index contributed by atoms with van der Waals surface area (Å²) in [5, 5.41) is 6.23. The van der Waals surface area contributed by atoms with Gasteiger partial charge in [0.2, 0.25) is 0 Å². The molecular formula is C17H25F3N4O4S. The normalized spacial score (nSPS) is 17.1. The van der Waals surface area contributed by atoms with E-state index in [1.165, 1.54) is 0 Å². The molecule has 0 spiro atoms. The minimum atomic E-state index is -5.28. The first-order valence-electron chi connectivity index (χ1n) is 8.87. The molecule has 8 nitrogen and oxygen atoms in total. The predicted molar refractivity (Wildman–Crippen MR) is 102 cm³/mol. The number of benzene rings is 1. The number of halogens is 3. The molecule has 1 fully saturated rings. The monoisotopic (exact) mass is 438 g/mol. The van der Waals surface area contributed by atoms with Gasteiger partial charge >= 0.3 is 15.5 Å². The number of piperidine rings is 1. The summed E-state index contributed by atoms with van der Waals surface area (Å²) < 4.78 is 71.9. The standard InChI is InChI=1S/C17H25F3N4O4S/c1-21-16(22-11-12-4-5-14(27-2)10-15(12)28-3)23-13-6-8-24(9-7-13)29(25,26)17(18,19)20/h4-5,10,13H,6-9,11H2,1-3H3,(H2,21,22,23). The second kappa shape index (κ2) is 9.53. The van der Waals surface area contributed by atoms with Crippen molar-refractivity contribution in [2.24, 2.45) is 4.99 Å². The molecule has 0 unspecified atom stereocenters. The van der Waals surface area contributed by atoms with E-state index in [4.69, 9.17) is 9.47 Å². The SMILES string of the molecule is CN=C(NCc1ccc(OC)cc1OC)NC1CCN(S(=O)(=O)C(F)(F)F)CC1. The van der Waals surface area contributed by atoms with Gasteiger partial charge in [-0.2, -0.15) is 17.5 Å². The number of sulfonamides is 1. The highest BCUT2D eigenvalue weighted by Crippen LogP contribution is 2.29. The summed E-state index contributed by atoms with van der Waals surface area (Å²) in [6.45, 7) is -0.0141. The van der Waals surface area contributed by atoms with E-state index in [9.17, 15) is 21.6 Å². The van der Waals surface area contributed by atoms with Crippen molar-refractivity contribution in [3.63, 3.8) is 0 Å². The molecule has 2 N–H and O–H groups in total. The molecule has 12 heteroatoms. The fourth-order valence-electron chi connectivity index (χ4n) is 2.95. The maximum absolute atomic E-state index is 12.7. The van der Waals surface area contributed by atoms with E-state index >= 15 is 0 Å². The predicted octanol–water partition coefficient (Wildman–Crippen LogP) is 1.68. The van der Waals surface area contributed by atoms with E-state index in [2.05, 4.69) is 15.6 Å². The van der Waals surface area contributed by atoms with Gasteiger partial charge in [0, 0.05) is 44.4 Å². The summed E-state index contributed by atoms with van der Waals surface area (Å²) in [5.41, 5.74) is -4.41. The molecule has 0 bridgehead atoms. The number of hydrogen-bond acceptors (Lipinski definition) is 5. The van der Waals surface area contributed by atoms with E-state index in [0.29, 0.717) is 28.3 Å². The fraction of sp³-hybridized carbons (Fsp3) is 0.588. The average molecular weight is 438 g/mol. The molecule has 0 aliphatic carbocycles. The number of alkyl halides is 3. The van der Waals surface area contributed by atoms with Crippen LogP contribution in [0, 0.1) is 0 Å². The molecule has 29 heavy (non-hydrogen) atoms. The van der Waals surface area contributed by atoms with Crippen LogP contribution in [0.25, 0.3) is 0 Å². The van der Waals surface area contributed by atoms with Crippen LogP contribution in [0.3, 0.4) is 0 Å². The number of nitrogens with one attached hydrogen (secondary N) is 2. The molecule has 0 radical (unpaired) electrons. The minimum absolute atomic E-state index is 0.196. The van der Waals surface area contributed by atoms with Crippen LogP contribution in [0.15, 0.2) is 23.2 Å². The fourth-order valence-corrected chi connectivity index (χ4v) is 3.94. The Labute approximate surface area is 168 Å². The molecule has 1 aromatic carbocycles. The Kier molecular flexibility index (Phi) is 7.58. The molecule has 1 heterocycles. The Morgan fingerprint density at radius 3 is 2.41 bits per heavy atom. The quantitative estimate of drug-likeness (QED) is 0.519. The molecule has 0 amide bonds. The van der Waals surface area contributed by atoms with Crippen LogP contribution < -0.4 is 20.1 Å². The zero-order valence-electron chi connectivity index (χ0n) is 16.4. The smallest absolute Gasteiger partial charge is 0.497 e. The van der Waals surface area contributed by atoms with Gasteiger partial charge in [-0.15, -0.1) is 0 Å². The zero-order chi connectivity index (χ0) is 21.7. The zero-order valence-corrected chi connectivity index (χ0v) is 17.2. The average Bonchev–Trinajstić information content (AvgIpc) is 2.70. The van der Waals surface area contributed by atoms with Gasteiger partial charge < -0.3 is 20.1 Å². The van der Waals surface area contributed by atoms with E-state index in [-0.39, 0.29) is 32.0 Å². The Bertz CT molecular complexity index is 822. The molecule has 0 atom stereocenters. The Morgan fingerprint density at radius 1 is 1.24 bits per heavy atom. The van der Waals surface area contributed by atoms with Gasteiger partial charge in [-0.05, 0) is 25.0 Å². The third-order valence-corrected chi connectivity index (χ3v) is 6.22. The molecular weight excluding hydrogens is 413 g/mol.